The zero-order valence-corrected chi connectivity index (χ0v) is 10.5. The van der Waals surface area contributed by atoms with E-state index in [0.717, 1.165) is 0 Å². The highest BCUT2D eigenvalue weighted by atomic mass is 35.5. The molecule has 0 heterocycles. The van der Waals surface area contributed by atoms with E-state index in [9.17, 15) is 17.6 Å². The maximum Gasteiger partial charge on any atom is 0.330 e. The Bertz CT molecular complexity index is 389. The minimum absolute atomic E-state index is 0.263. The highest BCUT2D eigenvalue weighted by Gasteiger charge is 2.41. The van der Waals surface area contributed by atoms with Crippen LogP contribution in [0.5, 0.6) is 0 Å². The van der Waals surface area contributed by atoms with Crippen LogP contribution in [0.3, 0.4) is 0 Å². The van der Waals surface area contributed by atoms with Crippen LogP contribution < -0.4 is 11.3 Å². The number of hydrogen-bond donors (Lipinski definition) is 2. The standard InChI is InChI=1S/C11H13ClF4N2O/c12-8-3-1-7(2-4-8)9(18-17)5-19-6-11(15,16)10(13)14/h1-4,9-10,18H,5-6,17H2. The monoisotopic (exact) mass is 300 g/mol. The summed E-state index contributed by atoms with van der Waals surface area (Å²) in [5.41, 5.74) is 3.00. The molecule has 0 saturated carbocycles. The molecule has 0 spiro atoms. The van der Waals surface area contributed by atoms with Crippen molar-refractivity contribution in [3.63, 3.8) is 0 Å². The van der Waals surface area contributed by atoms with E-state index in [1.807, 2.05) is 0 Å². The van der Waals surface area contributed by atoms with Crippen molar-refractivity contribution in [3.8, 4) is 0 Å². The average molecular weight is 301 g/mol. The molecule has 0 aromatic heterocycles. The van der Waals surface area contributed by atoms with Gasteiger partial charge in [-0.2, -0.15) is 8.78 Å². The first-order valence-corrected chi connectivity index (χ1v) is 5.70. The van der Waals surface area contributed by atoms with Gasteiger partial charge in [0, 0.05) is 5.02 Å². The number of nitrogens with two attached hydrogens (primary N) is 1. The molecule has 3 nitrogen and oxygen atoms in total. The van der Waals surface area contributed by atoms with Crippen LogP contribution in [0, 0.1) is 0 Å². The van der Waals surface area contributed by atoms with Gasteiger partial charge in [0.2, 0.25) is 0 Å². The van der Waals surface area contributed by atoms with Crippen molar-refractivity contribution in [2.24, 2.45) is 5.84 Å². The van der Waals surface area contributed by atoms with Gasteiger partial charge in [0.1, 0.15) is 6.61 Å². The van der Waals surface area contributed by atoms with Crippen molar-refractivity contribution in [1.82, 2.24) is 5.43 Å². The third-order valence-corrected chi connectivity index (χ3v) is 2.62. The first-order chi connectivity index (χ1) is 8.86. The highest BCUT2D eigenvalue weighted by Crippen LogP contribution is 2.24. The van der Waals surface area contributed by atoms with E-state index < -0.39 is 25.0 Å². The minimum atomic E-state index is -4.17. The molecule has 3 N–H and O–H groups in total. The van der Waals surface area contributed by atoms with Crippen LogP contribution >= 0.6 is 11.6 Å². The Kier molecular flexibility index (Phi) is 5.99. The van der Waals surface area contributed by atoms with Crippen LogP contribution in [0.2, 0.25) is 5.02 Å². The molecule has 0 saturated heterocycles. The van der Waals surface area contributed by atoms with Gasteiger partial charge in [-0.25, -0.2) is 8.78 Å². The summed E-state index contributed by atoms with van der Waals surface area (Å²) in [6, 6.07) is 5.85. The summed E-state index contributed by atoms with van der Waals surface area (Å²) in [7, 11) is 0. The topological polar surface area (TPSA) is 47.3 Å². The molecule has 108 valence electrons. The van der Waals surface area contributed by atoms with Gasteiger partial charge in [-0.1, -0.05) is 23.7 Å². The fourth-order valence-electron chi connectivity index (χ4n) is 1.31. The average Bonchev–Trinajstić information content (AvgIpc) is 2.36. The first-order valence-electron chi connectivity index (χ1n) is 5.32. The van der Waals surface area contributed by atoms with Crippen LogP contribution in [0.15, 0.2) is 24.3 Å². The number of nitrogens with one attached hydrogen (secondary N) is 1. The van der Waals surface area contributed by atoms with Crippen molar-refractivity contribution in [2.75, 3.05) is 13.2 Å². The van der Waals surface area contributed by atoms with Crippen LogP contribution in [0.25, 0.3) is 0 Å². The molecule has 1 unspecified atom stereocenters. The molecular formula is C11H13ClF4N2O. The molecule has 1 rings (SSSR count). The van der Waals surface area contributed by atoms with Crippen molar-refractivity contribution in [1.29, 1.82) is 0 Å². The summed E-state index contributed by atoms with van der Waals surface area (Å²) >= 11 is 5.69. The Morgan fingerprint density at radius 1 is 1.26 bits per heavy atom. The summed E-state index contributed by atoms with van der Waals surface area (Å²) in [5, 5.41) is 0.504. The Morgan fingerprint density at radius 2 is 1.84 bits per heavy atom. The molecule has 0 aliphatic rings. The molecule has 8 heteroatoms. The van der Waals surface area contributed by atoms with Crippen LogP contribution in [-0.4, -0.2) is 25.6 Å². The fraction of sp³-hybridized carbons (Fsp3) is 0.455. The fourth-order valence-corrected chi connectivity index (χ4v) is 1.44. The molecule has 1 aromatic carbocycles. The number of halogens is 5. The largest absolute Gasteiger partial charge is 0.373 e. The van der Waals surface area contributed by atoms with Crippen LogP contribution in [-0.2, 0) is 4.74 Å². The van der Waals surface area contributed by atoms with Crippen molar-refractivity contribution in [2.45, 2.75) is 18.4 Å². The summed E-state index contributed by atoms with van der Waals surface area (Å²) in [5.74, 6) is 1.09. The lowest BCUT2D eigenvalue weighted by molar-refractivity contribution is -0.167. The SMILES string of the molecule is NNC(COCC(F)(F)C(F)F)c1ccc(Cl)cc1. The van der Waals surface area contributed by atoms with Crippen LogP contribution in [0.1, 0.15) is 11.6 Å². The maximum absolute atomic E-state index is 12.6. The van der Waals surface area contributed by atoms with Gasteiger partial charge in [0.25, 0.3) is 0 Å². The molecule has 0 aliphatic carbocycles. The second-order valence-corrected chi connectivity index (χ2v) is 4.28. The van der Waals surface area contributed by atoms with E-state index in [0.29, 0.717) is 10.6 Å². The van der Waals surface area contributed by atoms with Crippen molar-refractivity contribution in [3.05, 3.63) is 34.9 Å². The number of alkyl halides is 4. The number of hydrazine groups is 1. The van der Waals surface area contributed by atoms with Crippen molar-refractivity contribution >= 4 is 11.6 Å². The smallest absolute Gasteiger partial charge is 0.330 e. The lowest BCUT2D eigenvalue weighted by atomic mass is 10.1. The summed E-state index contributed by atoms with van der Waals surface area (Å²) in [4.78, 5) is 0. The van der Waals surface area contributed by atoms with Gasteiger partial charge in [-0.15, -0.1) is 0 Å². The van der Waals surface area contributed by atoms with E-state index in [1.165, 1.54) is 0 Å². The van der Waals surface area contributed by atoms with Gasteiger partial charge < -0.3 is 4.74 Å². The molecule has 0 bridgehead atoms. The lowest BCUT2D eigenvalue weighted by Crippen LogP contribution is -2.36. The number of rotatable bonds is 7. The predicted octanol–water partition coefficient (Wildman–Crippen LogP) is 2.76. The van der Waals surface area contributed by atoms with Gasteiger partial charge in [-0.05, 0) is 17.7 Å². The van der Waals surface area contributed by atoms with E-state index in [-0.39, 0.29) is 6.61 Å². The highest BCUT2D eigenvalue weighted by molar-refractivity contribution is 6.30. The summed E-state index contributed by atoms with van der Waals surface area (Å²) in [6.45, 7) is -1.63. The number of benzene rings is 1. The Hall–Kier alpha value is -0.890. The van der Waals surface area contributed by atoms with Crippen LogP contribution in [0.4, 0.5) is 17.6 Å². The number of hydrogen-bond acceptors (Lipinski definition) is 3. The Morgan fingerprint density at radius 3 is 2.32 bits per heavy atom. The molecular weight excluding hydrogens is 288 g/mol. The van der Waals surface area contributed by atoms with Gasteiger partial charge in [0.15, 0.2) is 0 Å². The molecule has 0 amide bonds. The Balaban J connectivity index is 2.52. The maximum atomic E-state index is 12.6. The molecule has 0 aliphatic heterocycles. The van der Waals surface area contributed by atoms with E-state index >= 15 is 0 Å². The quantitative estimate of drug-likeness (QED) is 0.462. The lowest BCUT2D eigenvalue weighted by Gasteiger charge is -2.19. The third-order valence-electron chi connectivity index (χ3n) is 2.37. The summed E-state index contributed by atoms with van der Waals surface area (Å²) < 4.78 is 53.6. The molecule has 0 radical (unpaired) electrons. The minimum Gasteiger partial charge on any atom is -0.373 e. The molecule has 1 atom stereocenters. The predicted molar refractivity (Wildman–Crippen MR) is 63.3 cm³/mol. The van der Waals surface area contributed by atoms with E-state index in [4.69, 9.17) is 17.4 Å². The van der Waals surface area contributed by atoms with Gasteiger partial charge >= 0.3 is 12.3 Å². The molecule has 0 fully saturated rings. The summed E-state index contributed by atoms with van der Waals surface area (Å²) in [6.07, 6.45) is -3.76. The van der Waals surface area contributed by atoms with Crippen molar-refractivity contribution < 1.29 is 22.3 Å². The zero-order chi connectivity index (χ0) is 14.5. The molecule has 19 heavy (non-hydrogen) atoms. The molecule has 1 aromatic rings. The Labute approximate surface area is 112 Å². The van der Waals surface area contributed by atoms with E-state index in [2.05, 4.69) is 10.2 Å². The normalized spacial score (nSPS) is 13.8. The second kappa shape index (κ2) is 7.04. The first kappa shape index (κ1) is 16.2. The van der Waals surface area contributed by atoms with E-state index in [1.54, 1.807) is 24.3 Å². The second-order valence-electron chi connectivity index (χ2n) is 3.85. The number of ether oxygens (including phenoxy) is 1. The zero-order valence-electron chi connectivity index (χ0n) is 9.75. The third kappa shape index (κ3) is 4.94. The van der Waals surface area contributed by atoms with Gasteiger partial charge in [-0.3, -0.25) is 11.3 Å². The van der Waals surface area contributed by atoms with Gasteiger partial charge in [0.05, 0.1) is 12.6 Å².